The van der Waals surface area contributed by atoms with E-state index in [1.54, 1.807) is 14.0 Å². The first kappa shape index (κ1) is 9.81. The van der Waals surface area contributed by atoms with Gasteiger partial charge in [-0.05, 0) is 6.92 Å². The molecule has 0 spiro atoms. The highest BCUT2D eigenvalue weighted by atomic mass is 16.5. The Morgan fingerprint density at radius 2 is 2.36 bits per heavy atom. The summed E-state index contributed by atoms with van der Waals surface area (Å²) >= 11 is 0. The third kappa shape index (κ3) is 4.25. The van der Waals surface area contributed by atoms with Crippen LogP contribution in [0.1, 0.15) is 13.3 Å². The topological polar surface area (TPSA) is 64.3 Å². The zero-order chi connectivity index (χ0) is 8.69. The van der Waals surface area contributed by atoms with Crippen LogP contribution >= 0.6 is 0 Å². The van der Waals surface area contributed by atoms with E-state index in [4.69, 9.17) is 10.5 Å². The predicted octanol–water partition coefficient (Wildman–Crippen LogP) is -0.0409. The Kier molecular flexibility index (Phi) is 4.98. The molecule has 0 aliphatic carbocycles. The maximum atomic E-state index is 10.8. The van der Waals surface area contributed by atoms with Crippen LogP contribution in [-0.2, 0) is 9.53 Å². The van der Waals surface area contributed by atoms with Crippen molar-refractivity contribution in [1.82, 2.24) is 5.32 Å². The van der Waals surface area contributed by atoms with Gasteiger partial charge in [-0.3, -0.25) is 4.79 Å². The Hall–Kier alpha value is -1.19. The van der Waals surface area contributed by atoms with Crippen molar-refractivity contribution in [1.29, 1.82) is 0 Å². The standard InChI is InChI=1S/C7H14N2O2/c1-3-11-7(10)4-6(5-8)9-2/h5,9H,3-4,8H2,1-2H3/b6-5-. The first-order valence-electron chi connectivity index (χ1n) is 3.48. The molecule has 0 saturated heterocycles. The summed E-state index contributed by atoms with van der Waals surface area (Å²) in [5.41, 5.74) is 5.87. The average Bonchev–Trinajstić information content (AvgIpc) is 2.01. The van der Waals surface area contributed by atoms with E-state index in [0.717, 1.165) is 0 Å². The van der Waals surface area contributed by atoms with Crippen molar-refractivity contribution in [2.75, 3.05) is 13.7 Å². The van der Waals surface area contributed by atoms with Crippen molar-refractivity contribution in [2.24, 2.45) is 5.73 Å². The number of rotatable bonds is 4. The smallest absolute Gasteiger partial charge is 0.311 e. The lowest BCUT2D eigenvalue weighted by atomic mass is 10.3. The van der Waals surface area contributed by atoms with Gasteiger partial charge >= 0.3 is 5.97 Å². The molecule has 0 radical (unpaired) electrons. The summed E-state index contributed by atoms with van der Waals surface area (Å²) in [6, 6.07) is 0. The van der Waals surface area contributed by atoms with Crippen LogP contribution in [0.5, 0.6) is 0 Å². The van der Waals surface area contributed by atoms with Crippen LogP contribution in [0.15, 0.2) is 11.9 Å². The summed E-state index contributed by atoms with van der Waals surface area (Å²) in [7, 11) is 1.71. The summed E-state index contributed by atoms with van der Waals surface area (Å²) < 4.78 is 4.70. The van der Waals surface area contributed by atoms with Gasteiger partial charge in [-0.15, -0.1) is 0 Å². The molecular formula is C7H14N2O2. The molecule has 0 aliphatic rings. The molecule has 0 aliphatic heterocycles. The van der Waals surface area contributed by atoms with E-state index in [1.807, 2.05) is 0 Å². The van der Waals surface area contributed by atoms with Crippen LogP contribution < -0.4 is 11.1 Å². The molecule has 0 atom stereocenters. The van der Waals surface area contributed by atoms with Crippen molar-refractivity contribution in [2.45, 2.75) is 13.3 Å². The monoisotopic (exact) mass is 158 g/mol. The Morgan fingerprint density at radius 3 is 2.73 bits per heavy atom. The molecule has 0 aromatic carbocycles. The third-order valence-electron chi connectivity index (χ3n) is 1.16. The molecule has 0 bridgehead atoms. The van der Waals surface area contributed by atoms with Crippen molar-refractivity contribution in [3.8, 4) is 0 Å². The molecule has 0 rings (SSSR count). The molecular weight excluding hydrogens is 144 g/mol. The number of esters is 1. The number of carbonyl (C=O) groups excluding carboxylic acids is 1. The normalized spacial score (nSPS) is 10.9. The lowest BCUT2D eigenvalue weighted by molar-refractivity contribution is -0.142. The molecule has 3 N–H and O–H groups in total. The molecule has 0 heterocycles. The van der Waals surface area contributed by atoms with E-state index in [2.05, 4.69) is 5.32 Å². The molecule has 0 amide bonds. The van der Waals surface area contributed by atoms with Crippen molar-refractivity contribution in [3.05, 3.63) is 11.9 Å². The largest absolute Gasteiger partial charge is 0.466 e. The van der Waals surface area contributed by atoms with Crippen LogP contribution in [0, 0.1) is 0 Å². The van der Waals surface area contributed by atoms with Crippen molar-refractivity contribution in [3.63, 3.8) is 0 Å². The number of ether oxygens (including phenoxy) is 1. The number of hydrogen-bond donors (Lipinski definition) is 2. The van der Waals surface area contributed by atoms with Gasteiger partial charge in [-0.1, -0.05) is 0 Å². The first-order chi connectivity index (χ1) is 5.24. The Balaban J connectivity index is 3.73. The summed E-state index contributed by atoms with van der Waals surface area (Å²) in [5, 5.41) is 2.78. The van der Waals surface area contributed by atoms with Gasteiger partial charge < -0.3 is 15.8 Å². The fraction of sp³-hybridized carbons (Fsp3) is 0.571. The molecule has 64 valence electrons. The van der Waals surface area contributed by atoms with Crippen LogP contribution in [0.4, 0.5) is 0 Å². The van der Waals surface area contributed by atoms with Gasteiger partial charge in [-0.25, -0.2) is 0 Å². The molecule has 0 fully saturated rings. The number of nitrogens with two attached hydrogens (primary N) is 1. The molecule has 4 nitrogen and oxygen atoms in total. The highest BCUT2D eigenvalue weighted by Gasteiger charge is 2.03. The van der Waals surface area contributed by atoms with Crippen LogP contribution in [0.2, 0.25) is 0 Å². The zero-order valence-electron chi connectivity index (χ0n) is 6.89. The van der Waals surface area contributed by atoms with E-state index >= 15 is 0 Å². The van der Waals surface area contributed by atoms with Crippen molar-refractivity contribution >= 4 is 5.97 Å². The molecule has 11 heavy (non-hydrogen) atoms. The second-order valence-corrected chi connectivity index (χ2v) is 1.92. The molecule has 0 saturated carbocycles. The predicted molar refractivity (Wildman–Crippen MR) is 42.6 cm³/mol. The van der Waals surface area contributed by atoms with Gasteiger partial charge in [0.1, 0.15) is 0 Å². The number of carbonyl (C=O) groups is 1. The fourth-order valence-electron chi connectivity index (χ4n) is 0.598. The first-order valence-corrected chi connectivity index (χ1v) is 3.48. The maximum absolute atomic E-state index is 10.8. The summed E-state index contributed by atoms with van der Waals surface area (Å²) in [6.45, 7) is 2.17. The zero-order valence-corrected chi connectivity index (χ0v) is 6.89. The quantitative estimate of drug-likeness (QED) is 0.563. The van der Waals surface area contributed by atoms with Gasteiger partial charge in [-0.2, -0.15) is 0 Å². The molecule has 0 aromatic rings. The van der Waals surface area contributed by atoms with Crippen molar-refractivity contribution < 1.29 is 9.53 Å². The lowest BCUT2D eigenvalue weighted by Gasteiger charge is -2.04. The summed E-state index contributed by atoms with van der Waals surface area (Å²) in [6.07, 6.45) is 1.57. The maximum Gasteiger partial charge on any atom is 0.311 e. The Morgan fingerprint density at radius 1 is 1.73 bits per heavy atom. The number of hydrogen-bond acceptors (Lipinski definition) is 4. The highest BCUT2D eigenvalue weighted by molar-refractivity contribution is 5.72. The summed E-state index contributed by atoms with van der Waals surface area (Å²) in [4.78, 5) is 10.8. The van der Waals surface area contributed by atoms with E-state index in [0.29, 0.717) is 12.3 Å². The van der Waals surface area contributed by atoms with E-state index in [-0.39, 0.29) is 12.4 Å². The lowest BCUT2D eigenvalue weighted by Crippen LogP contribution is -2.14. The number of nitrogens with one attached hydrogen (secondary N) is 1. The SMILES string of the molecule is CCOC(=O)C/C(=C/N)NC. The van der Waals surface area contributed by atoms with Gasteiger partial charge in [0, 0.05) is 18.9 Å². The third-order valence-corrected chi connectivity index (χ3v) is 1.16. The summed E-state index contributed by atoms with van der Waals surface area (Å²) in [5.74, 6) is -0.265. The van der Waals surface area contributed by atoms with Crippen LogP contribution in [0.3, 0.4) is 0 Å². The van der Waals surface area contributed by atoms with Gasteiger partial charge in [0.2, 0.25) is 0 Å². The average molecular weight is 158 g/mol. The second kappa shape index (κ2) is 5.58. The van der Waals surface area contributed by atoms with Crippen LogP contribution in [0.25, 0.3) is 0 Å². The van der Waals surface area contributed by atoms with E-state index in [9.17, 15) is 4.79 Å². The minimum atomic E-state index is -0.265. The van der Waals surface area contributed by atoms with Gasteiger partial charge in [0.15, 0.2) is 0 Å². The Bertz CT molecular complexity index is 155. The fourth-order valence-corrected chi connectivity index (χ4v) is 0.598. The van der Waals surface area contributed by atoms with E-state index in [1.165, 1.54) is 6.20 Å². The highest BCUT2D eigenvalue weighted by Crippen LogP contribution is 1.95. The van der Waals surface area contributed by atoms with E-state index < -0.39 is 0 Å². The molecule has 0 unspecified atom stereocenters. The minimum Gasteiger partial charge on any atom is -0.466 e. The second-order valence-electron chi connectivity index (χ2n) is 1.92. The molecule has 4 heteroatoms. The van der Waals surface area contributed by atoms with Gasteiger partial charge in [0.25, 0.3) is 0 Å². The Labute approximate surface area is 66.4 Å². The van der Waals surface area contributed by atoms with Crippen LogP contribution in [-0.4, -0.2) is 19.6 Å². The van der Waals surface area contributed by atoms with Gasteiger partial charge in [0.05, 0.1) is 13.0 Å². The molecule has 0 aromatic heterocycles. The minimum absolute atomic E-state index is 0.209.